The van der Waals surface area contributed by atoms with E-state index in [1.165, 1.54) is 30.5 Å². The van der Waals surface area contributed by atoms with Crippen LogP contribution < -0.4 is 0 Å². The number of hydrogen-bond acceptors (Lipinski definition) is 2. The maximum atomic E-state index is 12.6. The van der Waals surface area contributed by atoms with Gasteiger partial charge in [0.05, 0.1) is 0 Å². The first-order valence-electron chi connectivity index (χ1n) is 9.06. The summed E-state index contributed by atoms with van der Waals surface area (Å²) >= 11 is 0. The Labute approximate surface area is 140 Å². The molecule has 0 saturated carbocycles. The minimum Gasteiger partial charge on any atom is -0.367 e. The van der Waals surface area contributed by atoms with Gasteiger partial charge in [-0.2, -0.15) is 0 Å². The van der Waals surface area contributed by atoms with Crippen molar-refractivity contribution in [3.05, 3.63) is 47.2 Å². The highest BCUT2D eigenvalue weighted by Gasteiger charge is 2.41. The van der Waals surface area contributed by atoms with Gasteiger partial charge < -0.3 is 4.90 Å². The molecule has 2 aliphatic rings. The van der Waals surface area contributed by atoms with Gasteiger partial charge in [0.2, 0.25) is 0 Å². The summed E-state index contributed by atoms with van der Waals surface area (Å²) in [5.41, 5.74) is 3.93. The predicted molar refractivity (Wildman–Crippen MR) is 95.0 cm³/mol. The van der Waals surface area contributed by atoms with Crippen LogP contribution in [0.1, 0.15) is 64.9 Å². The summed E-state index contributed by atoms with van der Waals surface area (Å²) in [5, 5.41) is 0. The summed E-state index contributed by atoms with van der Waals surface area (Å²) in [5.74, 6) is 0.397. The van der Waals surface area contributed by atoms with E-state index in [1.54, 1.807) is 0 Å². The van der Waals surface area contributed by atoms with Gasteiger partial charge in [-0.25, -0.2) is 0 Å². The van der Waals surface area contributed by atoms with E-state index in [4.69, 9.17) is 0 Å². The van der Waals surface area contributed by atoms with Gasteiger partial charge in [-0.05, 0) is 30.2 Å². The molecule has 1 atom stereocenters. The van der Waals surface area contributed by atoms with Crippen LogP contribution in [0.5, 0.6) is 0 Å². The molecule has 0 amide bonds. The van der Waals surface area contributed by atoms with Gasteiger partial charge in [-0.15, -0.1) is 0 Å². The molecule has 0 saturated heterocycles. The summed E-state index contributed by atoms with van der Waals surface area (Å²) in [6.45, 7) is 7.65. The average Bonchev–Trinajstić information content (AvgIpc) is 2.83. The molecule has 1 heterocycles. The number of ketones is 1. The summed E-state index contributed by atoms with van der Waals surface area (Å²) in [4.78, 5) is 15.2. The summed E-state index contributed by atoms with van der Waals surface area (Å²) in [6.07, 6.45) is 6.39. The third kappa shape index (κ3) is 3.52. The molecule has 3 rings (SSSR count). The fourth-order valence-electron chi connectivity index (χ4n) is 4.10. The minimum absolute atomic E-state index is 0.102. The Morgan fingerprint density at radius 1 is 1.17 bits per heavy atom. The number of allylic oxidation sites excluding steroid dienone is 1. The summed E-state index contributed by atoms with van der Waals surface area (Å²) < 4.78 is 0. The molecular weight excluding hydrogens is 282 g/mol. The Morgan fingerprint density at radius 3 is 2.61 bits per heavy atom. The number of nitrogens with zero attached hydrogens (tertiary/aromatic N) is 1. The van der Waals surface area contributed by atoms with Gasteiger partial charge in [-0.1, -0.05) is 63.9 Å². The smallest absolute Gasteiger partial charge is 0.161 e. The highest BCUT2D eigenvalue weighted by Crippen LogP contribution is 2.45. The van der Waals surface area contributed by atoms with Gasteiger partial charge in [-0.3, -0.25) is 4.79 Å². The van der Waals surface area contributed by atoms with Crippen LogP contribution in [0.2, 0.25) is 0 Å². The highest BCUT2D eigenvalue weighted by atomic mass is 16.1. The first-order valence-corrected chi connectivity index (χ1v) is 9.06. The maximum absolute atomic E-state index is 12.6. The predicted octanol–water partition coefficient (Wildman–Crippen LogP) is 5.09. The fourth-order valence-corrected chi connectivity index (χ4v) is 4.10. The van der Waals surface area contributed by atoms with Crippen molar-refractivity contribution in [2.75, 3.05) is 0 Å². The van der Waals surface area contributed by atoms with E-state index < -0.39 is 0 Å². The molecule has 2 heteroatoms. The highest BCUT2D eigenvalue weighted by molar-refractivity contribution is 5.98. The van der Waals surface area contributed by atoms with Crippen LogP contribution in [-0.2, 0) is 11.3 Å². The second kappa shape index (κ2) is 6.51. The Kier molecular flexibility index (Phi) is 4.61. The van der Waals surface area contributed by atoms with Crippen molar-refractivity contribution in [2.45, 2.75) is 71.9 Å². The van der Waals surface area contributed by atoms with Crippen molar-refractivity contribution < 1.29 is 4.79 Å². The van der Waals surface area contributed by atoms with Crippen LogP contribution >= 0.6 is 0 Å². The monoisotopic (exact) mass is 311 g/mol. The van der Waals surface area contributed by atoms with Gasteiger partial charge in [0.1, 0.15) is 0 Å². The lowest BCUT2D eigenvalue weighted by molar-refractivity contribution is -0.118. The van der Waals surface area contributed by atoms with Crippen LogP contribution in [-0.4, -0.2) is 16.7 Å². The lowest BCUT2D eigenvalue weighted by atomic mass is 9.76. The Morgan fingerprint density at radius 2 is 1.91 bits per heavy atom. The minimum atomic E-state index is 0.102. The standard InChI is InChI=1S/C21H29NO/c1-4-5-11-17-12-18-19(13-21(2,3)14-20(18)23)22(17)15-16-9-7-6-8-10-16/h6-10,17H,4-5,11-15H2,1-3H3. The third-order valence-electron chi connectivity index (χ3n) is 5.28. The molecule has 2 nitrogen and oxygen atoms in total. The SMILES string of the molecule is CCCCC1CC2=C(CC(C)(C)CC2=O)N1Cc1ccccc1. The van der Waals surface area contributed by atoms with Gasteiger partial charge in [0.15, 0.2) is 5.78 Å². The summed E-state index contributed by atoms with van der Waals surface area (Å²) in [6, 6.07) is 11.2. The number of Topliss-reactive ketones (excluding diaryl/α,β-unsaturated/α-hetero) is 1. The second-order valence-corrected chi connectivity index (χ2v) is 7.98. The zero-order valence-electron chi connectivity index (χ0n) is 14.8. The second-order valence-electron chi connectivity index (χ2n) is 7.98. The lowest BCUT2D eigenvalue weighted by Gasteiger charge is -2.36. The molecule has 1 aliphatic carbocycles. The van der Waals surface area contributed by atoms with Gasteiger partial charge in [0, 0.05) is 30.3 Å². The fraction of sp³-hybridized carbons (Fsp3) is 0.571. The molecule has 0 N–H and O–H groups in total. The molecule has 23 heavy (non-hydrogen) atoms. The van der Waals surface area contributed by atoms with Crippen molar-refractivity contribution in [3.63, 3.8) is 0 Å². The Hall–Kier alpha value is -1.57. The van der Waals surface area contributed by atoms with Crippen LogP contribution in [0, 0.1) is 5.41 Å². The number of benzene rings is 1. The number of carbonyl (C=O) groups is 1. The topological polar surface area (TPSA) is 20.3 Å². The Bertz CT molecular complexity index is 600. The van der Waals surface area contributed by atoms with Crippen molar-refractivity contribution in [2.24, 2.45) is 5.41 Å². The molecule has 124 valence electrons. The molecule has 0 spiro atoms. The van der Waals surface area contributed by atoms with Crippen LogP contribution in [0.3, 0.4) is 0 Å². The van der Waals surface area contributed by atoms with Crippen LogP contribution in [0.4, 0.5) is 0 Å². The van der Waals surface area contributed by atoms with Crippen molar-refractivity contribution in [1.29, 1.82) is 0 Å². The van der Waals surface area contributed by atoms with E-state index in [0.29, 0.717) is 18.2 Å². The first kappa shape index (κ1) is 16.3. The molecule has 1 aromatic rings. The van der Waals surface area contributed by atoms with Crippen LogP contribution in [0.25, 0.3) is 0 Å². The van der Waals surface area contributed by atoms with E-state index in [1.807, 2.05) is 0 Å². The molecule has 0 aromatic heterocycles. The number of hydrogen-bond donors (Lipinski definition) is 0. The molecule has 0 radical (unpaired) electrons. The number of carbonyl (C=O) groups excluding carboxylic acids is 1. The van der Waals surface area contributed by atoms with Crippen molar-refractivity contribution in [3.8, 4) is 0 Å². The zero-order chi connectivity index (χ0) is 16.4. The Balaban J connectivity index is 1.87. The molecule has 0 bridgehead atoms. The number of rotatable bonds is 5. The summed E-state index contributed by atoms with van der Waals surface area (Å²) in [7, 11) is 0. The number of unbranched alkanes of at least 4 members (excludes halogenated alkanes) is 1. The first-order chi connectivity index (χ1) is 11.0. The van der Waals surface area contributed by atoms with Gasteiger partial charge >= 0.3 is 0 Å². The molecule has 0 fully saturated rings. The van der Waals surface area contributed by atoms with Crippen molar-refractivity contribution >= 4 is 5.78 Å². The van der Waals surface area contributed by atoms with E-state index in [9.17, 15) is 4.79 Å². The maximum Gasteiger partial charge on any atom is 0.161 e. The van der Waals surface area contributed by atoms with Crippen molar-refractivity contribution in [1.82, 2.24) is 4.90 Å². The van der Waals surface area contributed by atoms with E-state index in [2.05, 4.69) is 56.0 Å². The lowest BCUT2D eigenvalue weighted by Crippen LogP contribution is -2.32. The molecule has 1 unspecified atom stereocenters. The average molecular weight is 311 g/mol. The normalized spacial score (nSPS) is 23.3. The van der Waals surface area contributed by atoms with Gasteiger partial charge in [0.25, 0.3) is 0 Å². The van der Waals surface area contributed by atoms with E-state index >= 15 is 0 Å². The quantitative estimate of drug-likeness (QED) is 0.754. The molecular formula is C21H29NO. The third-order valence-corrected chi connectivity index (χ3v) is 5.28. The zero-order valence-corrected chi connectivity index (χ0v) is 14.8. The largest absolute Gasteiger partial charge is 0.367 e. The molecule has 1 aromatic carbocycles. The van der Waals surface area contributed by atoms with E-state index in [0.717, 1.165) is 25.0 Å². The van der Waals surface area contributed by atoms with E-state index in [-0.39, 0.29) is 5.41 Å². The molecule has 1 aliphatic heterocycles. The van der Waals surface area contributed by atoms with Crippen LogP contribution in [0.15, 0.2) is 41.6 Å².